The van der Waals surface area contributed by atoms with E-state index in [0.717, 1.165) is 31.7 Å². The van der Waals surface area contributed by atoms with Crippen LogP contribution in [0.1, 0.15) is 24.0 Å². The van der Waals surface area contributed by atoms with Crippen molar-refractivity contribution in [2.45, 2.75) is 32.7 Å². The molecule has 0 radical (unpaired) electrons. The Morgan fingerprint density at radius 2 is 2.12 bits per heavy atom. The molecule has 1 fully saturated rings. The molecule has 1 aliphatic rings. The first-order valence-electron chi connectivity index (χ1n) is 6.27. The van der Waals surface area contributed by atoms with Crippen molar-refractivity contribution in [3.63, 3.8) is 0 Å². The molecule has 1 aromatic rings. The fourth-order valence-electron chi connectivity index (χ4n) is 2.69. The van der Waals surface area contributed by atoms with Crippen LogP contribution in [0.25, 0.3) is 0 Å². The highest BCUT2D eigenvalue weighted by Crippen LogP contribution is 2.34. The minimum atomic E-state index is 0.286. The predicted octanol–water partition coefficient (Wildman–Crippen LogP) is 2.24. The second-order valence-corrected chi connectivity index (χ2v) is 4.98. The van der Waals surface area contributed by atoms with Crippen molar-refractivity contribution in [3.05, 3.63) is 23.3 Å². The Bertz CT molecular complexity index is 403. The molecule has 94 valence electrons. The third kappa shape index (κ3) is 2.55. The maximum Gasteiger partial charge on any atom is 0.142 e. The Morgan fingerprint density at radius 3 is 2.76 bits per heavy atom. The number of hydrogen-bond acceptors (Lipinski definition) is 3. The molecule has 1 aromatic carbocycles. The van der Waals surface area contributed by atoms with Crippen LogP contribution in [0.4, 0.5) is 5.69 Å². The van der Waals surface area contributed by atoms with Crippen LogP contribution in [0.5, 0.6) is 5.75 Å². The summed E-state index contributed by atoms with van der Waals surface area (Å²) in [5.41, 5.74) is 9.78. The highest BCUT2D eigenvalue weighted by molar-refractivity contribution is 5.65. The lowest BCUT2D eigenvalue weighted by atomic mass is 10.0. The molecule has 0 bridgehead atoms. The zero-order valence-corrected chi connectivity index (χ0v) is 11.0. The summed E-state index contributed by atoms with van der Waals surface area (Å²) in [6.45, 7) is 6.25. The van der Waals surface area contributed by atoms with Crippen molar-refractivity contribution in [2.75, 3.05) is 25.1 Å². The van der Waals surface area contributed by atoms with Gasteiger partial charge in [-0.15, -0.1) is 0 Å². The number of ether oxygens (including phenoxy) is 1. The number of piperidine rings is 1. The van der Waals surface area contributed by atoms with Crippen LogP contribution < -0.4 is 15.4 Å². The molecule has 0 saturated carbocycles. The van der Waals surface area contributed by atoms with Crippen molar-refractivity contribution in [1.29, 1.82) is 0 Å². The van der Waals surface area contributed by atoms with E-state index in [2.05, 4.69) is 30.9 Å². The summed E-state index contributed by atoms with van der Waals surface area (Å²) in [5, 5.41) is 0. The van der Waals surface area contributed by atoms with Gasteiger partial charge in [-0.25, -0.2) is 0 Å². The van der Waals surface area contributed by atoms with Crippen LogP contribution in [0, 0.1) is 13.8 Å². The number of hydrogen-bond donors (Lipinski definition) is 1. The van der Waals surface area contributed by atoms with Crippen molar-refractivity contribution < 1.29 is 4.74 Å². The van der Waals surface area contributed by atoms with E-state index in [9.17, 15) is 0 Å². The molecular formula is C14H22N2O. The monoisotopic (exact) mass is 234 g/mol. The largest absolute Gasteiger partial charge is 0.495 e. The van der Waals surface area contributed by atoms with E-state index in [0.29, 0.717) is 0 Å². The average Bonchev–Trinajstić information content (AvgIpc) is 2.27. The van der Waals surface area contributed by atoms with Gasteiger partial charge in [0, 0.05) is 19.1 Å². The average molecular weight is 234 g/mol. The Labute approximate surface area is 104 Å². The van der Waals surface area contributed by atoms with Crippen molar-refractivity contribution in [2.24, 2.45) is 5.73 Å². The molecule has 0 aromatic heterocycles. The van der Waals surface area contributed by atoms with Crippen molar-refractivity contribution in [3.8, 4) is 5.75 Å². The SMILES string of the molecule is COc1cc(C)cc(C)c1N1CCCC(N)C1. The molecule has 1 aliphatic heterocycles. The molecule has 2 N–H and O–H groups in total. The maximum absolute atomic E-state index is 6.05. The fourth-order valence-corrected chi connectivity index (χ4v) is 2.69. The second kappa shape index (κ2) is 4.96. The normalized spacial score (nSPS) is 20.5. The van der Waals surface area contributed by atoms with Gasteiger partial charge in [0.2, 0.25) is 0 Å². The number of nitrogens with zero attached hydrogens (tertiary/aromatic N) is 1. The molecule has 0 amide bonds. The van der Waals surface area contributed by atoms with Crippen LogP contribution >= 0.6 is 0 Å². The molecule has 0 spiro atoms. The van der Waals surface area contributed by atoms with E-state index in [1.54, 1.807) is 7.11 Å². The van der Waals surface area contributed by atoms with E-state index >= 15 is 0 Å². The Kier molecular flexibility index (Phi) is 3.57. The standard InChI is InChI=1S/C14H22N2O/c1-10-7-11(2)14(13(8-10)17-3)16-6-4-5-12(15)9-16/h7-8,12H,4-6,9,15H2,1-3H3. The van der Waals surface area contributed by atoms with E-state index in [-0.39, 0.29) is 6.04 Å². The van der Waals surface area contributed by atoms with Crippen LogP contribution in [-0.2, 0) is 0 Å². The first-order chi connectivity index (χ1) is 8.11. The molecule has 17 heavy (non-hydrogen) atoms. The molecular weight excluding hydrogens is 212 g/mol. The summed E-state index contributed by atoms with van der Waals surface area (Å²) in [6, 6.07) is 4.59. The van der Waals surface area contributed by atoms with Crippen LogP contribution in [0.3, 0.4) is 0 Å². The minimum Gasteiger partial charge on any atom is -0.495 e. The van der Waals surface area contributed by atoms with E-state index in [1.807, 2.05) is 0 Å². The second-order valence-electron chi connectivity index (χ2n) is 4.98. The van der Waals surface area contributed by atoms with E-state index in [4.69, 9.17) is 10.5 Å². The summed E-state index contributed by atoms with van der Waals surface area (Å²) in [4.78, 5) is 2.36. The maximum atomic E-state index is 6.05. The molecule has 3 nitrogen and oxygen atoms in total. The quantitative estimate of drug-likeness (QED) is 0.853. The van der Waals surface area contributed by atoms with Gasteiger partial charge >= 0.3 is 0 Å². The lowest BCUT2D eigenvalue weighted by molar-refractivity contribution is 0.410. The lowest BCUT2D eigenvalue weighted by Crippen LogP contribution is -2.43. The predicted molar refractivity (Wildman–Crippen MR) is 71.9 cm³/mol. The summed E-state index contributed by atoms with van der Waals surface area (Å²) in [6.07, 6.45) is 2.29. The van der Waals surface area contributed by atoms with Gasteiger partial charge in [0.1, 0.15) is 5.75 Å². The van der Waals surface area contributed by atoms with E-state index < -0.39 is 0 Å². The minimum absolute atomic E-state index is 0.286. The van der Waals surface area contributed by atoms with Gasteiger partial charge < -0.3 is 15.4 Å². The van der Waals surface area contributed by atoms with E-state index in [1.165, 1.54) is 16.8 Å². The number of rotatable bonds is 2. The zero-order valence-electron chi connectivity index (χ0n) is 11.0. The summed E-state index contributed by atoms with van der Waals surface area (Å²) in [5.74, 6) is 0.969. The van der Waals surface area contributed by atoms with Crippen LogP contribution in [0.15, 0.2) is 12.1 Å². The van der Waals surface area contributed by atoms with Gasteiger partial charge in [-0.2, -0.15) is 0 Å². The molecule has 1 unspecified atom stereocenters. The first-order valence-corrected chi connectivity index (χ1v) is 6.27. The number of anilines is 1. The Morgan fingerprint density at radius 1 is 1.35 bits per heavy atom. The van der Waals surface area contributed by atoms with Gasteiger partial charge in [-0.05, 0) is 43.9 Å². The molecule has 1 atom stereocenters. The number of benzene rings is 1. The summed E-state index contributed by atoms with van der Waals surface area (Å²) in [7, 11) is 1.74. The summed E-state index contributed by atoms with van der Waals surface area (Å²) >= 11 is 0. The smallest absolute Gasteiger partial charge is 0.142 e. The molecule has 0 aliphatic carbocycles. The third-order valence-electron chi connectivity index (χ3n) is 3.40. The topological polar surface area (TPSA) is 38.5 Å². The molecule has 1 heterocycles. The Hall–Kier alpha value is -1.22. The lowest BCUT2D eigenvalue weighted by Gasteiger charge is -2.34. The van der Waals surface area contributed by atoms with Gasteiger partial charge in [-0.1, -0.05) is 6.07 Å². The van der Waals surface area contributed by atoms with Gasteiger partial charge in [0.25, 0.3) is 0 Å². The fraction of sp³-hybridized carbons (Fsp3) is 0.571. The Balaban J connectivity index is 2.36. The molecule has 1 saturated heterocycles. The zero-order chi connectivity index (χ0) is 12.4. The van der Waals surface area contributed by atoms with Gasteiger partial charge in [0.15, 0.2) is 0 Å². The number of methoxy groups -OCH3 is 1. The molecule has 3 heteroatoms. The highest BCUT2D eigenvalue weighted by Gasteiger charge is 2.21. The van der Waals surface area contributed by atoms with Crippen LogP contribution in [0.2, 0.25) is 0 Å². The number of nitrogens with two attached hydrogens (primary N) is 1. The van der Waals surface area contributed by atoms with Crippen molar-refractivity contribution in [1.82, 2.24) is 0 Å². The summed E-state index contributed by atoms with van der Waals surface area (Å²) < 4.78 is 5.51. The third-order valence-corrected chi connectivity index (χ3v) is 3.40. The van der Waals surface area contributed by atoms with Crippen LogP contribution in [-0.4, -0.2) is 26.2 Å². The number of aryl methyl sites for hydroxylation is 2. The molecule has 2 rings (SSSR count). The van der Waals surface area contributed by atoms with Crippen molar-refractivity contribution >= 4 is 5.69 Å². The van der Waals surface area contributed by atoms with Gasteiger partial charge in [-0.3, -0.25) is 0 Å². The highest BCUT2D eigenvalue weighted by atomic mass is 16.5. The first kappa shape index (κ1) is 12.2. The van der Waals surface area contributed by atoms with Gasteiger partial charge in [0.05, 0.1) is 12.8 Å².